The third-order valence-electron chi connectivity index (χ3n) is 4.15. The van der Waals surface area contributed by atoms with Gasteiger partial charge in [0.05, 0.1) is 6.61 Å². The van der Waals surface area contributed by atoms with Gasteiger partial charge >= 0.3 is 5.97 Å². The van der Waals surface area contributed by atoms with Gasteiger partial charge in [0, 0.05) is 12.6 Å². The highest BCUT2D eigenvalue weighted by Gasteiger charge is 2.47. The van der Waals surface area contributed by atoms with Crippen molar-refractivity contribution in [3.05, 3.63) is 0 Å². The Labute approximate surface area is 112 Å². The number of amides is 1. The zero-order valence-corrected chi connectivity index (χ0v) is 11.1. The summed E-state index contributed by atoms with van der Waals surface area (Å²) < 4.78 is 5.16. The summed E-state index contributed by atoms with van der Waals surface area (Å²) >= 11 is 0. The molecule has 0 spiro atoms. The molecule has 0 aromatic rings. The molecule has 0 bridgehead atoms. The maximum Gasteiger partial charge on any atom is 0.326 e. The normalized spacial score (nSPS) is 30.2. The van der Waals surface area contributed by atoms with Crippen LogP contribution in [0.5, 0.6) is 0 Å². The van der Waals surface area contributed by atoms with Gasteiger partial charge in [-0.3, -0.25) is 4.79 Å². The third-order valence-corrected chi connectivity index (χ3v) is 4.15. The van der Waals surface area contributed by atoms with Crippen LogP contribution in [0.4, 0.5) is 0 Å². The fourth-order valence-corrected chi connectivity index (χ4v) is 3.36. The second kappa shape index (κ2) is 6.34. The predicted molar refractivity (Wildman–Crippen MR) is 68.5 cm³/mol. The van der Waals surface area contributed by atoms with Crippen molar-refractivity contribution in [1.82, 2.24) is 4.90 Å². The number of hydrogen-bond donors (Lipinski definition) is 2. The Kier molecular flexibility index (Phi) is 4.76. The lowest BCUT2D eigenvalue weighted by Crippen LogP contribution is -2.47. The van der Waals surface area contributed by atoms with E-state index in [1.54, 1.807) is 4.90 Å². The number of likely N-dealkylation sites (tertiary alicyclic amines) is 1. The number of nitrogens with two attached hydrogens (primary N) is 1. The number of nitrogens with zero attached hydrogens (tertiary/aromatic N) is 1. The van der Waals surface area contributed by atoms with Crippen LogP contribution in [0.2, 0.25) is 0 Å². The van der Waals surface area contributed by atoms with Gasteiger partial charge in [0.15, 0.2) is 0 Å². The molecule has 0 aromatic carbocycles. The maximum atomic E-state index is 12.2. The maximum absolute atomic E-state index is 12.2. The van der Waals surface area contributed by atoms with E-state index in [1.165, 1.54) is 0 Å². The molecule has 108 valence electrons. The van der Waals surface area contributed by atoms with Crippen molar-refractivity contribution in [2.24, 2.45) is 11.7 Å². The molecule has 2 fully saturated rings. The molecular weight excluding hydrogens is 248 g/mol. The first-order valence-electron chi connectivity index (χ1n) is 6.97. The number of carboxylic acids is 1. The van der Waals surface area contributed by atoms with Crippen LogP contribution in [-0.4, -0.2) is 53.7 Å². The van der Waals surface area contributed by atoms with Crippen LogP contribution in [0, 0.1) is 5.92 Å². The van der Waals surface area contributed by atoms with Crippen LogP contribution >= 0.6 is 0 Å². The van der Waals surface area contributed by atoms with Crippen molar-refractivity contribution in [3.63, 3.8) is 0 Å². The lowest BCUT2D eigenvalue weighted by atomic mass is 9.85. The van der Waals surface area contributed by atoms with Crippen LogP contribution in [0.15, 0.2) is 0 Å². The SMILES string of the molecule is NCCOCC(=O)N1C(C(=O)O)CC2CCCCC21. The standard InChI is InChI=1S/C13H22N2O4/c14-5-6-19-8-12(16)15-10-4-2-1-3-9(10)7-11(15)13(17)18/h9-11H,1-8,14H2,(H,17,18). The molecular formula is C13H22N2O4. The number of carboxylic acid groups (broad SMARTS) is 1. The molecule has 2 rings (SSSR count). The largest absolute Gasteiger partial charge is 0.480 e. The molecule has 1 saturated heterocycles. The molecule has 1 aliphatic carbocycles. The molecule has 3 atom stereocenters. The third kappa shape index (κ3) is 3.06. The Balaban J connectivity index is 2.04. The van der Waals surface area contributed by atoms with E-state index in [0.29, 0.717) is 25.5 Å². The molecule has 6 nitrogen and oxygen atoms in total. The second-order valence-electron chi connectivity index (χ2n) is 5.34. The molecule has 3 unspecified atom stereocenters. The number of aliphatic carboxylic acids is 1. The van der Waals surface area contributed by atoms with Gasteiger partial charge in [0.25, 0.3) is 0 Å². The molecule has 3 N–H and O–H groups in total. The summed E-state index contributed by atoms with van der Waals surface area (Å²) in [6.45, 7) is 0.622. The fourth-order valence-electron chi connectivity index (χ4n) is 3.36. The number of carbonyl (C=O) groups is 2. The number of carbonyl (C=O) groups excluding carboxylic acids is 1. The summed E-state index contributed by atoms with van der Waals surface area (Å²) in [5, 5.41) is 9.30. The van der Waals surface area contributed by atoms with Crippen molar-refractivity contribution >= 4 is 11.9 Å². The lowest BCUT2D eigenvalue weighted by Gasteiger charge is -2.32. The first-order valence-corrected chi connectivity index (χ1v) is 6.97. The van der Waals surface area contributed by atoms with Crippen molar-refractivity contribution in [2.45, 2.75) is 44.2 Å². The summed E-state index contributed by atoms with van der Waals surface area (Å²) in [6, 6.07) is -0.592. The van der Waals surface area contributed by atoms with E-state index in [2.05, 4.69) is 0 Å². The van der Waals surface area contributed by atoms with Crippen molar-refractivity contribution < 1.29 is 19.4 Å². The van der Waals surface area contributed by atoms with Gasteiger partial charge in [-0.2, -0.15) is 0 Å². The minimum absolute atomic E-state index is 0.0653. The van der Waals surface area contributed by atoms with Gasteiger partial charge in [-0.1, -0.05) is 12.8 Å². The summed E-state index contributed by atoms with van der Waals surface area (Å²) in [7, 11) is 0. The van der Waals surface area contributed by atoms with E-state index in [-0.39, 0.29) is 18.6 Å². The lowest BCUT2D eigenvalue weighted by molar-refractivity contribution is -0.152. The Bertz CT molecular complexity index is 348. The smallest absolute Gasteiger partial charge is 0.326 e. The Morgan fingerprint density at radius 1 is 1.32 bits per heavy atom. The molecule has 0 radical (unpaired) electrons. The van der Waals surface area contributed by atoms with Crippen LogP contribution in [-0.2, 0) is 14.3 Å². The highest BCUT2D eigenvalue weighted by molar-refractivity contribution is 5.85. The van der Waals surface area contributed by atoms with E-state index in [9.17, 15) is 14.7 Å². The van der Waals surface area contributed by atoms with E-state index in [1.807, 2.05) is 0 Å². The topological polar surface area (TPSA) is 92.9 Å². The van der Waals surface area contributed by atoms with Crippen LogP contribution in [0.25, 0.3) is 0 Å². The summed E-state index contributed by atoms with van der Waals surface area (Å²) in [5.74, 6) is -0.773. The van der Waals surface area contributed by atoms with Crippen molar-refractivity contribution in [1.29, 1.82) is 0 Å². The van der Waals surface area contributed by atoms with Gasteiger partial charge in [-0.05, 0) is 25.2 Å². The molecule has 1 heterocycles. The summed E-state index contributed by atoms with van der Waals surface area (Å²) in [4.78, 5) is 25.1. The van der Waals surface area contributed by atoms with Crippen molar-refractivity contribution in [2.75, 3.05) is 19.8 Å². The zero-order chi connectivity index (χ0) is 13.8. The molecule has 0 aromatic heterocycles. The molecule has 1 saturated carbocycles. The molecule has 2 aliphatic rings. The number of hydrogen-bond acceptors (Lipinski definition) is 4. The van der Waals surface area contributed by atoms with Crippen LogP contribution < -0.4 is 5.73 Å². The number of ether oxygens (including phenoxy) is 1. The highest BCUT2D eigenvalue weighted by Crippen LogP contribution is 2.39. The van der Waals surface area contributed by atoms with E-state index < -0.39 is 12.0 Å². The fraction of sp³-hybridized carbons (Fsp3) is 0.846. The predicted octanol–water partition coefficient (Wildman–Crippen LogP) is 0.206. The van der Waals surface area contributed by atoms with E-state index >= 15 is 0 Å². The van der Waals surface area contributed by atoms with E-state index in [0.717, 1.165) is 25.7 Å². The molecule has 1 amide bonds. The van der Waals surface area contributed by atoms with Crippen LogP contribution in [0.1, 0.15) is 32.1 Å². The Hall–Kier alpha value is -1.14. The summed E-state index contributed by atoms with van der Waals surface area (Å²) in [6.07, 6.45) is 4.74. The first-order chi connectivity index (χ1) is 9.15. The van der Waals surface area contributed by atoms with Gasteiger partial charge in [-0.25, -0.2) is 4.79 Å². The Morgan fingerprint density at radius 2 is 2.05 bits per heavy atom. The number of fused-ring (bicyclic) bond motifs is 1. The van der Waals surface area contributed by atoms with Gasteiger partial charge in [-0.15, -0.1) is 0 Å². The zero-order valence-electron chi connectivity index (χ0n) is 11.1. The minimum Gasteiger partial charge on any atom is -0.480 e. The first kappa shape index (κ1) is 14.3. The monoisotopic (exact) mass is 270 g/mol. The molecule has 19 heavy (non-hydrogen) atoms. The summed E-state index contributed by atoms with van der Waals surface area (Å²) in [5.41, 5.74) is 5.31. The van der Waals surface area contributed by atoms with E-state index in [4.69, 9.17) is 10.5 Å². The van der Waals surface area contributed by atoms with Crippen molar-refractivity contribution in [3.8, 4) is 0 Å². The second-order valence-corrected chi connectivity index (χ2v) is 5.34. The molecule has 6 heteroatoms. The van der Waals surface area contributed by atoms with Gasteiger partial charge in [0.2, 0.25) is 5.91 Å². The highest BCUT2D eigenvalue weighted by atomic mass is 16.5. The molecule has 1 aliphatic heterocycles. The van der Waals surface area contributed by atoms with Gasteiger partial charge in [0.1, 0.15) is 12.6 Å². The van der Waals surface area contributed by atoms with Crippen LogP contribution in [0.3, 0.4) is 0 Å². The number of rotatable bonds is 5. The Morgan fingerprint density at radius 3 is 2.74 bits per heavy atom. The quantitative estimate of drug-likeness (QED) is 0.696. The average Bonchev–Trinajstić information content (AvgIpc) is 2.78. The minimum atomic E-state index is -0.901. The average molecular weight is 270 g/mol. The van der Waals surface area contributed by atoms with Gasteiger partial charge < -0.3 is 20.5 Å².